The molecule has 39 heavy (non-hydrogen) atoms. The van der Waals surface area contributed by atoms with Crippen LogP contribution in [0.5, 0.6) is 0 Å². The summed E-state index contributed by atoms with van der Waals surface area (Å²) in [6.45, 7) is 1.98. The summed E-state index contributed by atoms with van der Waals surface area (Å²) in [6.07, 6.45) is 8.27. The fraction of sp³-hybridized carbons (Fsp3) is 0.219. The van der Waals surface area contributed by atoms with Gasteiger partial charge in [0.05, 0.1) is 22.3 Å². The van der Waals surface area contributed by atoms with Crippen LogP contribution in [0.2, 0.25) is 5.02 Å². The molecule has 2 N–H and O–H groups in total. The predicted octanol–water partition coefficient (Wildman–Crippen LogP) is 6.62. The number of carbonyl (C=O) groups excluding carboxylic acids is 1. The fourth-order valence-electron chi connectivity index (χ4n) is 5.56. The number of para-hydroxylation sites is 1. The number of halogens is 1. The molecule has 1 aliphatic rings. The molecule has 0 aliphatic heterocycles. The molecule has 1 aliphatic carbocycles. The average Bonchev–Trinajstić information content (AvgIpc) is 3.38. The third-order valence-electron chi connectivity index (χ3n) is 7.41. The summed E-state index contributed by atoms with van der Waals surface area (Å²) in [5, 5.41) is 4.56. The zero-order valence-corrected chi connectivity index (χ0v) is 22.4. The van der Waals surface area contributed by atoms with E-state index in [2.05, 4.69) is 74.8 Å². The minimum Gasteiger partial charge on any atom is -0.357 e. The van der Waals surface area contributed by atoms with Crippen LogP contribution in [-0.2, 0) is 26.1 Å². The van der Waals surface area contributed by atoms with Crippen molar-refractivity contribution in [3.8, 4) is 0 Å². The van der Waals surface area contributed by atoms with Crippen LogP contribution in [-0.4, -0.2) is 25.8 Å². The van der Waals surface area contributed by atoms with Gasteiger partial charge in [-0.25, -0.2) is 0 Å². The van der Waals surface area contributed by atoms with Crippen LogP contribution in [0.15, 0.2) is 91.4 Å². The van der Waals surface area contributed by atoms with E-state index in [1.807, 2.05) is 18.3 Å². The third-order valence-corrected chi connectivity index (χ3v) is 7.71. The van der Waals surface area contributed by atoms with Gasteiger partial charge in [-0.2, -0.15) is 0 Å². The zero-order valence-electron chi connectivity index (χ0n) is 21.6. The van der Waals surface area contributed by atoms with Crippen molar-refractivity contribution in [2.45, 2.75) is 44.9 Å². The highest BCUT2D eigenvalue weighted by molar-refractivity contribution is 6.33. The molecule has 196 valence electrons. The molecule has 1 atom stereocenters. The largest absolute Gasteiger partial charge is 0.357 e. The molecule has 0 fully saturated rings. The number of pyridine rings is 2. The molecule has 3 heterocycles. The second kappa shape index (κ2) is 11.4. The first-order valence-corrected chi connectivity index (χ1v) is 13.7. The van der Waals surface area contributed by atoms with E-state index in [4.69, 9.17) is 16.6 Å². The quantitative estimate of drug-likeness (QED) is 0.234. The Bertz CT molecular complexity index is 1580. The van der Waals surface area contributed by atoms with Crippen LogP contribution in [0.1, 0.15) is 57.3 Å². The molecular formula is C32H30ClN5O. The number of carbonyl (C=O) groups is 1. The third kappa shape index (κ3) is 5.72. The summed E-state index contributed by atoms with van der Waals surface area (Å²) in [6, 6.07) is 25.2. The van der Waals surface area contributed by atoms with Crippen LogP contribution in [0.25, 0.3) is 10.9 Å². The first-order chi connectivity index (χ1) is 19.1. The van der Waals surface area contributed by atoms with Gasteiger partial charge in [0, 0.05) is 49.4 Å². The van der Waals surface area contributed by atoms with Gasteiger partial charge in [0.2, 0.25) is 0 Å². The summed E-state index contributed by atoms with van der Waals surface area (Å²) in [5.41, 5.74) is 7.55. The Labute approximate surface area is 233 Å². The lowest BCUT2D eigenvalue weighted by Crippen LogP contribution is -2.31. The van der Waals surface area contributed by atoms with Crippen molar-refractivity contribution in [2.24, 2.45) is 0 Å². The van der Waals surface area contributed by atoms with Gasteiger partial charge in [0.15, 0.2) is 0 Å². The topological polar surface area (TPSA) is 73.9 Å². The fourth-order valence-corrected chi connectivity index (χ4v) is 5.77. The van der Waals surface area contributed by atoms with Gasteiger partial charge in [0.1, 0.15) is 0 Å². The zero-order chi connectivity index (χ0) is 26.6. The molecule has 0 bridgehead atoms. The molecular weight excluding hydrogens is 506 g/mol. The maximum Gasteiger partial charge on any atom is 0.253 e. The SMILES string of the molecule is O=C(NCc1cccc(CN(Cc2cc3ccccc3[nH]2)C2CCCc3cccnc32)c1)c1ccncc1Cl. The molecule has 1 unspecified atom stereocenters. The smallest absolute Gasteiger partial charge is 0.253 e. The van der Waals surface area contributed by atoms with Crippen molar-refractivity contribution in [2.75, 3.05) is 0 Å². The first kappa shape index (κ1) is 25.3. The van der Waals surface area contributed by atoms with E-state index in [0.717, 1.165) is 43.4 Å². The van der Waals surface area contributed by atoms with E-state index >= 15 is 0 Å². The number of amides is 1. The predicted molar refractivity (Wildman–Crippen MR) is 154 cm³/mol. The highest BCUT2D eigenvalue weighted by Crippen LogP contribution is 2.35. The van der Waals surface area contributed by atoms with Crippen molar-refractivity contribution in [1.82, 2.24) is 25.2 Å². The molecule has 0 saturated carbocycles. The van der Waals surface area contributed by atoms with Gasteiger partial charge in [-0.15, -0.1) is 0 Å². The molecule has 0 saturated heterocycles. The molecule has 6 rings (SSSR count). The number of aromatic nitrogens is 3. The Balaban J connectivity index is 1.24. The Kier molecular flexibility index (Phi) is 7.39. The minimum atomic E-state index is -0.210. The Morgan fingerprint density at radius 1 is 1.00 bits per heavy atom. The van der Waals surface area contributed by atoms with Crippen molar-refractivity contribution in [3.05, 3.63) is 130 Å². The summed E-state index contributed by atoms with van der Waals surface area (Å²) < 4.78 is 0. The number of hydrogen-bond donors (Lipinski definition) is 2. The summed E-state index contributed by atoms with van der Waals surface area (Å²) in [5.74, 6) is -0.210. The minimum absolute atomic E-state index is 0.210. The van der Waals surface area contributed by atoms with Crippen LogP contribution in [0.3, 0.4) is 0 Å². The van der Waals surface area contributed by atoms with E-state index in [1.165, 1.54) is 34.1 Å². The Hall–Kier alpha value is -4.00. The van der Waals surface area contributed by atoms with Gasteiger partial charge < -0.3 is 10.3 Å². The number of aryl methyl sites for hydroxylation is 1. The van der Waals surface area contributed by atoms with Gasteiger partial charge >= 0.3 is 0 Å². The maximum atomic E-state index is 12.7. The number of fused-ring (bicyclic) bond motifs is 2. The molecule has 0 radical (unpaired) electrons. The number of benzene rings is 2. The molecule has 0 spiro atoms. The first-order valence-electron chi connectivity index (χ1n) is 13.3. The van der Waals surface area contributed by atoms with Crippen molar-refractivity contribution >= 4 is 28.4 Å². The summed E-state index contributed by atoms with van der Waals surface area (Å²) in [7, 11) is 0. The average molecular weight is 536 g/mol. The molecule has 7 heteroatoms. The van der Waals surface area contributed by atoms with Crippen molar-refractivity contribution in [1.29, 1.82) is 0 Å². The van der Waals surface area contributed by atoms with Crippen LogP contribution in [0, 0.1) is 0 Å². The normalized spacial score (nSPS) is 14.9. The maximum absolute atomic E-state index is 12.7. The van der Waals surface area contributed by atoms with Gasteiger partial charge in [-0.3, -0.25) is 19.7 Å². The molecule has 1 amide bonds. The van der Waals surface area contributed by atoms with E-state index in [-0.39, 0.29) is 11.9 Å². The lowest BCUT2D eigenvalue weighted by Gasteiger charge is -2.35. The van der Waals surface area contributed by atoms with E-state index in [0.29, 0.717) is 17.1 Å². The highest BCUT2D eigenvalue weighted by atomic mass is 35.5. The second-order valence-corrected chi connectivity index (χ2v) is 10.5. The molecule has 6 nitrogen and oxygen atoms in total. The number of rotatable bonds is 8. The molecule has 5 aromatic rings. The van der Waals surface area contributed by atoms with E-state index in [9.17, 15) is 4.79 Å². The number of nitrogens with one attached hydrogen (secondary N) is 2. The number of hydrogen-bond acceptors (Lipinski definition) is 4. The number of H-pyrrole nitrogens is 1. The highest BCUT2D eigenvalue weighted by Gasteiger charge is 2.28. The number of nitrogens with zero attached hydrogens (tertiary/aromatic N) is 3. The molecule has 3 aromatic heterocycles. The number of aromatic amines is 1. The standard InChI is InChI=1S/C32H30ClN5O/c33-28-19-34-15-13-27(28)32(39)36-18-22-6-3-7-23(16-22)20-38(21-26-17-25-8-1-2-11-29(25)37-26)30-12-4-9-24-10-5-14-35-31(24)30/h1-3,5-8,10-11,13-17,19,30,37H,4,9,12,18,20-21H2,(H,36,39). The second-order valence-electron chi connectivity index (χ2n) is 10.1. The van der Waals surface area contributed by atoms with E-state index < -0.39 is 0 Å². The molecule has 2 aromatic carbocycles. The Morgan fingerprint density at radius 2 is 1.90 bits per heavy atom. The van der Waals surface area contributed by atoms with Gasteiger partial charge in [0.25, 0.3) is 5.91 Å². The lowest BCUT2D eigenvalue weighted by molar-refractivity contribution is 0.0951. The summed E-state index contributed by atoms with van der Waals surface area (Å²) >= 11 is 6.15. The van der Waals surface area contributed by atoms with Gasteiger partial charge in [-0.1, -0.05) is 60.1 Å². The van der Waals surface area contributed by atoms with Gasteiger partial charge in [-0.05, 0) is 65.6 Å². The van der Waals surface area contributed by atoms with Crippen molar-refractivity contribution < 1.29 is 4.79 Å². The lowest BCUT2D eigenvalue weighted by atomic mass is 9.90. The van der Waals surface area contributed by atoms with Crippen LogP contribution in [0.4, 0.5) is 0 Å². The monoisotopic (exact) mass is 535 g/mol. The van der Waals surface area contributed by atoms with Crippen LogP contribution >= 0.6 is 11.6 Å². The van der Waals surface area contributed by atoms with Crippen LogP contribution < -0.4 is 5.32 Å². The Morgan fingerprint density at radius 3 is 2.79 bits per heavy atom. The van der Waals surface area contributed by atoms with E-state index in [1.54, 1.807) is 12.3 Å². The van der Waals surface area contributed by atoms with Crippen molar-refractivity contribution in [3.63, 3.8) is 0 Å². The summed E-state index contributed by atoms with van der Waals surface area (Å²) in [4.78, 5) is 27.6.